The van der Waals surface area contributed by atoms with Gasteiger partial charge in [0.15, 0.2) is 0 Å². The van der Waals surface area contributed by atoms with Crippen LogP contribution in [-0.4, -0.2) is 35.8 Å². The van der Waals surface area contributed by atoms with Crippen LogP contribution in [0, 0.1) is 0 Å². The molecule has 1 aliphatic heterocycles. The molecule has 1 atom stereocenters. The summed E-state index contributed by atoms with van der Waals surface area (Å²) < 4.78 is 41.1. The van der Waals surface area contributed by atoms with Crippen LogP contribution in [0.1, 0.15) is 64.9 Å². The Labute approximate surface area is 198 Å². The molecule has 186 valence electrons. The van der Waals surface area contributed by atoms with Crippen LogP contribution in [0.25, 0.3) is 5.57 Å². The maximum absolute atomic E-state index is 13.7. The van der Waals surface area contributed by atoms with Gasteiger partial charge in [-0.1, -0.05) is 19.1 Å². The molecular weight excluding hydrogens is 445 g/mol. The van der Waals surface area contributed by atoms with Crippen molar-refractivity contribution in [2.24, 2.45) is 0 Å². The molecule has 0 bridgehead atoms. The molecule has 0 radical (unpaired) electrons. The van der Waals surface area contributed by atoms with Crippen molar-refractivity contribution in [3.63, 3.8) is 0 Å². The van der Waals surface area contributed by atoms with Crippen LogP contribution in [0.3, 0.4) is 0 Å². The number of hydrogen-bond acceptors (Lipinski definition) is 3. The first-order chi connectivity index (χ1) is 16.1. The molecule has 2 aliphatic rings. The first-order valence-electron chi connectivity index (χ1n) is 11.8. The van der Waals surface area contributed by atoms with Crippen molar-refractivity contribution < 1.29 is 18.0 Å². The van der Waals surface area contributed by atoms with Crippen LogP contribution in [0.4, 0.5) is 23.8 Å². The lowest BCUT2D eigenvalue weighted by molar-refractivity contribution is -0.152. The molecule has 3 rings (SSSR count). The Bertz CT molecular complexity index is 1040. The second-order valence-corrected chi connectivity index (χ2v) is 8.97. The number of anilines is 1. The minimum Gasteiger partial charge on any atom is -0.346 e. The number of nitrogens with one attached hydrogen (secondary N) is 3. The van der Waals surface area contributed by atoms with E-state index in [1.807, 2.05) is 26.0 Å². The number of urea groups is 1. The van der Waals surface area contributed by atoms with Gasteiger partial charge in [0.25, 0.3) is 0 Å². The van der Waals surface area contributed by atoms with Gasteiger partial charge in [0, 0.05) is 24.4 Å². The Morgan fingerprint density at radius 1 is 1.21 bits per heavy atom. The van der Waals surface area contributed by atoms with E-state index in [2.05, 4.69) is 15.6 Å². The molecule has 0 aromatic carbocycles. The lowest BCUT2D eigenvalue weighted by atomic mass is 9.98. The zero-order chi connectivity index (χ0) is 24.9. The summed E-state index contributed by atoms with van der Waals surface area (Å²) in [5.41, 5.74) is 2.06. The molecule has 2 amide bonds. The molecule has 2 heterocycles. The van der Waals surface area contributed by atoms with Gasteiger partial charge in [-0.3, -0.25) is 4.79 Å². The van der Waals surface area contributed by atoms with Crippen molar-refractivity contribution in [3.05, 3.63) is 57.5 Å². The highest BCUT2D eigenvalue weighted by molar-refractivity contribution is 5.82. The second kappa shape index (κ2) is 11.0. The van der Waals surface area contributed by atoms with E-state index in [1.54, 1.807) is 19.1 Å². The largest absolute Gasteiger partial charge is 0.408 e. The van der Waals surface area contributed by atoms with Gasteiger partial charge in [-0.05, 0) is 81.2 Å². The van der Waals surface area contributed by atoms with Crippen molar-refractivity contribution in [2.45, 2.75) is 77.6 Å². The van der Waals surface area contributed by atoms with E-state index in [1.165, 1.54) is 11.0 Å². The average Bonchev–Trinajstić information content (AvgIpc) is 3.58. The van der Waals surface area contributed by atoms with Gasteiger partial charge in [0.1, 0.15) is 11.9 Å². The van der Waals surface area contributed by atoms with Crippen LogP contribution < -0.4 is 21.1 Å². The van der Waals surface area contributed by atoms with Gasteiger partial charge in [-0.25, -0.2) is 4.79 Å². The van der Waals surface area contributed by atoms with E-state index in [0.29, 0.717) is 29.7 Å². The third-order valence-corrected chi connectivity index (χ3v) is 5.94. The fraction of sp³-hybridized carbons (Fsp3) is 0.520. The summed E-state index contributed by atoms with van der Waals surface area (Å²) in [6, 6.07) is 1.25. The predicted octanol–water partition coefficient (Wildman–Crippen LogP) is 5.40. The summed E-state index contributed by atoms with van der Waals surface area (Å²) in [4.78, 5) is 28.5. The standard InChI is InChI=1S/C25H33F3N4O2/c1-4-5-8-16(2)20(13-17(3)29-24(34)30-19-10-11-19)18-14-22(31-23(33)15-18)32-12-7-6-9-21(32)25(26,27)28/h5,8,13-15,19,21H,4,6-7,9-12H2,1-3H3,(H,31,33)(H2,29,30,34)/b8-5+,17-13+,20-16+. The number of halogens is 3. The van der Waals surface area contributed by atoms with Crippen LogP contribution in [0.2, 0.25) is 0 Å². The topological polar surface area (TPSA) is 77.2 Å². The molecule has 1 saturated carbocycles. The molecule has 1 aliphatic carbocycles. The lowest BCUT2D eigenvalue weighted by Gasteiger charge is -2.38. The number of aromatic amines is 1. The van der Waals surface area contributed by atoms with E-state index in [-0.39, 0.29) is 30.9 Å². The Morgan fingerprint density at radius 2 is 1.94 bits per heavy atom. The van der Waals surface area contributed by atoms with E-state index in [9.17, 15) is 22.8 Å². The fourth-order valence-corrected chi connectivity index (χ4v) is 4.09. The maximum Gasteiger partial charge on any atom is 0.408 e. The summed E-state index contributed by atoms with van der Waals surface area (Å²) >= 11 is 0. The molecule has 34 heavy (non-hydrogen) atoms. The van der Waals surface area contributed by atoms with Crippen LogP contribution >= 0.6 is 0 Å². The number of H-pyrrole nitrogens is 1. The van der Waals surface area contributed by atoms with Crippen LogP contribution in [0.5, 0.6) is 0 Å². The molecule has 1 aromatic rings. The number of alkyl halides is 3. The normalized spacial score (nSPS) is 20.4. The van der Waals surface area contributed by atoms with Crippen molar-refractivity contribution in [3.8, 4) is 0 Å². The quantitative estimate of drug-likeness (QED) is 0.459. The molecule has 3 N–H and O–H groups in total. The highest BCUT2D eigenvalue weighted by atomic mass is 19.4. The number of rotatable bonds is 7. The molecule has 6 nitrogen and oxygen atoms in total. The van der Waals surface area contributed by atoms with Crippen LogP contribution in [0.15, 0.2) is 46.4 Å². The summed E-state index contributed by atoms with van der Waals surface area (Å²) in [7, 11) is 0. The Hall–Kier alpha value is -2.97. The maximum atomic E-state index is 13.7. The molecule has 1 aromatic heterocycles. The third-order valence-electron chi connectivity index (χ3n) is 5.94. The number of hydrogen-bond donors (Lipinski definition) is 3. The Kier molecular flexibility index (Phi) is 8.28. The zero-order valence-corrected chi connectivity index (χ0v) is 19.9. The smallest absolute Gasteiger partial charge is 0.346 e. The summed E-state index contributed by atoms with van der Waals surface area (Å²) in [5.74, 6) is 0.153. The van der Waals surface area contributed by atoms with E-state index in [4.69, 9.17) is 0 Å². The Morgan fingerprint density at radius 3 is 2.59 bits per heavy atom. The summed E-state index contributed by atoms with van der Waals surface area (Å²) in [5, 5.41) is 5.64. The van der Waals surface area contributed by atoms with Gasteiger partial charge < -0.3 is 20.5 Å². The van der Waals surface area contributed by atoms with Gasteiger partial charge in [0.2, 0.25) is 5.56 Å². The van der Waals surface area contributed by atoms with E-state index >= 15 is 0 Å². The minimum atomic E-state index is -4.39. The highest BCUT2D eigenvalue weighted by Gasteiger charge is 2.45. The highest BCUT2D eigenvalue weighted by Crippen LogP contribution is 2.35. The number of amides is 2. The number of carbonyl (C=O) groups excluding carboxylic acids is 1. The van der Waals surface area contributed by atoms with Gasteiger partial charge in [-0.2, -0.15) is 13.2 Å². The number of allylic oxidation sites excluding steroid dienone is 6. The number of aromatic nitrogens is 1. The third kappa shape index (κ3) is 7.01. The SMILES string of the molecule is CC/C=C/C(C)=C(\C=C(/C)NC(=O)NC1CC1)c1cc(N2CCCCC2C(F)(F)F)[nH]c(=O)c1. The first-order valence-corrected chi connectivity index (χ1v) is 11.8. The van der Waals surface area contributed by atoms with Crippen molar-refractivity contribution in [2.75, 3.05) is 11.4 Å². The van der Waals surface area contributed by atoms with Crippen LogP contribution in [-0.2, 0) is 0 Å². The fourth-order valence-electron chi connectivity index (χ4n) is 4.09. The van der Waals surface area contributed by atoms with Gasteiger partial charge >= 0.3 is 12.2 Å². The average molecular weight is 479 g/mol. The molecule has 0 spiro atoms. The number of pyridine rings is 1. The lowest BCUT2D eigenvalue weighted by Crippen LogP contribution is -2.49. The molecule has 1 unspecified atom stereocenters. The van der Waals surface area contributed by atoms with E-state index < -0.39 is 17.8 Å². The van der Waals surface area contributed by atoms with Crippen molar-refractivity contribution in [1.29, 1.82) is 0 Å². The number of piperidine rings is 1. The number of nitrogens with zero attached hydrogens (tertiary/aromatic N) is 1. The summed E-state index contributed by atoms with van der Waals surface area (Å²) in [6.07, 6.45) is 5.08. The predicted molar refractivity (Wildman–Crippen MR) is 129 cm³/mol. The molecule has 9 heteroatoms. The zero-order valence-electron chi connectivity index (χ0n) is 19.9. The van der Waals surface area contributed by atoms with Crippen molar-refractivity contribution in [1.82, 2.24) is 15.6 Å². The number of carbonyl (C=O) groups is 1. The molecule has 1 saturated heterocycles. The van der Waals surface area contributed by atoms with Gasteiger partial charge in [0.05, 0.1) is 0 Å². The summed E-state index contributed by atoms with van der Waals surface area (Å²) in [6.45, 7) is 5.82. The second-order valence-electron chi connectivity index (χ2n) is 8.97. The minimum absolute atomic E-state index is 0.00421. The molecular formula is C25H33F3N4O2. The first kappa shape index (κ1) is 25.6. The van der Waals surface area contributed by atoms with E-state index in [0.717, 1.165) is 24.8 Å². The Balaban J connectivity index is 1.99. The van der Waals surface area contributed by atoms with Gasteiger partial charge in [-0.15, -0.1) is 0 Å². The molecule has 2 fully saturated rings. The van der Waals surface area contributed by atoms with Crippen molar-refractivity contribution >= 4 is 17.4 Å². The monoisotopic (exact) mass is 478 g/mol.